The van der Waals surface area contributed by atoms with Crippen LogP contribution in [0.25, 0.3) is 0 Å². The summed E-state index contributed by atoms with van der Waals surface area (Å²) in [6.45, 7) is 6.14. The fourth-order valence-electron chi connectivity index (χ4n) is 1.61. The molecular weight excluding hydrogens is 246 g/mol. The monoisotopic (exact) mass is 273 g/mol. The third-order valence-electron chi connectivity index (χ3n) is 2.49. The van der Waals surface area contributed by atoms with Gasteiger partial charge in [-0.15, -0.1) is 0 Å². The number of amides is 1. The molecule has 0 radical (unpaired) electrons. The molecule has 0 aliphatic carbocycles. The van der Waals surface area contributed by atoms with Crippen LogP contribution in [0.4, 0.5) is 4.79 Å². The topological polar surface area (TPSA) is 75.6 Å². The number of unbranched alkanes of at least 4 members (excludes halogenated alkanes) is 5. The Balaban J connectivity index is 3.27. The SMILES string of the molecule is CC(C)(C)OC(=O)NCCCCCCCCC(=O)O. The number of carboxylic acids is 1. The van der Waals surface area contributed by atoms with Crippen molar-refractivity contribution in [1.82, 2.24) is 5.32 Å². The Morgan fingerprint density at radius 2 is 1.53 bits per heavy atom. The van der Waals surface area contributed by atoms with Crippen LogP contribution in [0.2, 0.25) is 0 Å². The Bertz CT molecular complexity index is 271. The molecule has 0 aromatic rings. The highest BCUT2D eigenvalue weighted by atomic mass is 16.6. The first-order chi connectivity index (χ1) is 8.81. The molecule has 5 nitrogen and oxygen atoms in total. The third-order valence-corrected chi connectivity index (χ3v) is 2.49. The minimum atomic E-state index is -0.721. The number of rotatable bonds is 9. The van der Waals surface area contributed by atoms with Crippen molar-refractivity contribution in [2.75, 3.05) is 6.54 Å². The van der Waals surface area contributed by atoms with E-state index in [2.05, 4.69) is 5.32 Å². The molecule has 0 heterocycles. The van der Waals surface area contributed by atoms with Gasteiger partial charge in [-0.25, -0.2) is 4.79 Å². The third kappa shape index (κ3) is 14.7. The number of carbonyl (C=O) groups is 2. The van der Waals surface area contributed by atoms with Gasteiger partial charge in [-0.3, -0.25) is 4.79 Å². The maximum absolute atomic E-state index is 11.3. The standard InChI is InChI=1S/C14H27NO4/c1-14(2,3)19-13(18)15-11-9-7-5-4-6-8-10-12(16)17/h4-11H2,1-3H3,(H,15,18)(H,16,17). The molecule has 1 amide bonds. The first-order valence-electron chi connectivity index (χ1n) is 7.00. The highest BCUT2D eigenvalue weighted by Gasteiger charge is 2.15. The molecule has 0 saturated carbocycles. The molecule has 0 aliphatic heterocycles. The van der Waals surface area contributed by atoms with Gasteiger partial charge in [-0.1, -0.05) is 25.7 Å². The van der Waals surface area contributed by atoms with E-state index in [0.29, 0.717) is 6.54 Å². The summed E-state index contributed by atoms with van der Waals surface area (Å²) in [6.07, 6.45) is 5.72. The molecule has 112 valence electrons. The summed E-state index contributed by atoms with van der Waals surface area (Å²) >= 11 is 0. The molecule has 0 bridgehead atoms. The number of hydrogen-bond donors (Lipinski definition) is 2. The second kappa shape index (κ2) is 9.64. The summed E-state index contributed by atoms with van der Waals surface area (Å²) in [4.78, 5) is 21.6. The zero-order chi connectivity index (χ0) is 14.7. The lowest BCUT2D eigenvalue weighted by Crippen LogP contribution is -2.32. The van der Waals surface area contributed by atoms with E-state index >= 15 is 0 Å². The van der Waals surface area contributed by atoms with Crippen LogP contribution >= 0.6 is 0 Å². The molecular formula is C14H27NO4. The van der Waals surface area contributed by atoms with Crippen molar-refractivity contribution in [3.8, 4) is 0 Å². The highest BCUT2D eigenvalue weighted by molar-refractivity contribution is 5.67. The van der Waals surface area contributed by atoms with E-state index < -0.39 is 11.6 Å². The van der Waals surface area contributed by atoms with E-state index in [1.165, 1.54) is 0 Å². The maximum Gasteiger partial charge on any atom is 0.407 e. The fraction of sp³-hybridized carbons (Fsp3) is 0.857. The average molecular weight is 273 g/mol. The number of carbonyl (C=O) groups excluding carboxylic acids is 1. The number of alkyl carbamates (subject to hydrolysis) is 1. The second-order valence-electron chi connectivity index (χ2n) is 5.69. The Labute approximate surface area is 115 Å². The minimum Gasteiger partial charge on any atom is -0.481 e. The summed E-state index contributed by atoms with van der Waals surface area (Å²) in [5.74, 6) is -0.721. The molecule has 0 aromatic heterocycles. The van der Waals surface area contributed by atoms with Crippen molar-refractivity contribution in [3.63, 3.8) is 0 Å². The average Bonchev–Trinajstić information content (AvgIpc) is 2.24. The van der Waals surface area contributed by atoms with Crippen LogP contribution in [0.5, 0.6) is 0 Å². The predicted octanol–water partition coefficient (Wildman–Crippen LogP) is 3.33. The molecule has 0 rings (SSSR count). The Morgan fingerprint density at radius 3 is 2.05 bits per heavy atom. The van der Waals surface area contributed by atoms with Gasteiger partial charge >= 0.3 is 12.1 Å². The van der Waals surface area contributed by atoms with Crippen molar-refractivity contribution in [2.24, 2.45) is 0 Å². The van der Waals surface area contributed by atoms with E-state index in [-0.39, 0.29) is 12.5 Å². The van der Waals surface area contributed by atoms with Crippen molar-refractivity contribution in [2.45, 2.75) is 71.3 Å². The van der Waals surface area contributed by atoms with Gasteiger partial charge in [0.1, 0.15) is 5.60 Å². The molecule has 0 atom stereocenters. The molecule has 5 heteroatoms. The van der Waals surface area contributed by atoms with E-state index in [1.807, 2.05) is 20.8 Å². The predicted molar refractivity (Wildman–Crippen MR) is 74.2 cm³/mol. The van der Waals surface area contributed by atoms with Crippen LogP contribution in [0.3, 0.4) is 0 Å². The molecule has 2 N–H and O–H groups in total. The lowest BCUT2D eigenvalue weighted by atomic mass is 10.1. The van der Waals surface area contributed by atoms with Gasteiger partial charge in [0.15, 0.2) is 0 Å². The summed E-state index contributed by atoms with van der Waals surface area (Å²) in [5.41, 5.74) is -0.450. The molecule has 0 aliphatic rings. The molecule has 0 fully saturated rings. The summed E-state index contributed by atoms with van der Waals surface area (Å²) < 4.78 is 5.11. The smallest absolute Gasteiger partial charge is 0.407 e. The van der Waals surface area contributed by atoms with Crippen molar-refractivity contribution >= 4 is 12.1 Å². The van der Waals surface area contributed by atoms with Crippen LogP contribution in [0, 0.1) is 0 Å². The van der Waals surface area contributed by atoms with E-state index in [9.17, 15) is 9.59 Å². The number of hydrogen-bond acceptors (Lipinski definition) is 3. The first kappa shape index (κ1) is 17.7. The molecule has 0 saturated heterocycles. The lowest BCUT2D eigenvalue weighted by Gasteiger charge is -2.19. The normalized spacial score (nSPS) is 11.1. The number of nitrogens with one attached hydrogen (secondary N) is 1. The Morgan fingerprint density at radius 1 is 1.00 bits per heavy atom. The van der Waals surface area contributed by atoms with Crippen molar-refractivity contribution in [3.05, 3.63) is 0 Å². The van der Waals surface area contributed by atoms with E-state index in [1.54, 1.807) is 0 Å². The van der Waals surface area contributed by atoms with Gasteiger partial charge in [0.25, 0.3) is 0 Å². The number of carboxylic acid groups (broad SMARTS) is 1. The summed E-state index contributed by atoms with van der Waals surface area (Å²) in [5, 5.41) is 11.2. The highest BCUT2D eigenvalue weighted by Crippen LogP contribution is 2.08. The first-order valence-corrected chi connectivity index (χ1v) is 7.00. The van der Waals surface area contributed by atoms with Gasteiger partial charge in [0.2, 0.25) is 0 Å². The van der Waals surface area contributed by atoms with Crippen molar-refractivity contribution in [1.29, 1.82) is 0 Å². The van der Waals surface area contributed by atoms with Gasteiger partial charge in [0, 0.05) is 13.0 Å². The molecule has 0 unspecified atom stereocenters. The summed E-state index contributed by atoms with van der Waals surface area (Å²) in [6, 6.07) is 0. The fourth-order valence-corrected chi connectivity index (χ4v) is 1.61. The number of ether oxygens (including phenoxy) is 1. The van der Waals surface area contributed by atoms with E-state index in [0.717, 1.165) is 38.5 Å². The zero-order valence-corrected chi connectivity index (χ0v) is 12.3. The zero-order valence-electron chi connectivity index (χ0n) is 12.3. The summed E-state index contributed by atoms with van der Waals surface area (Å²) in [7, 11) is 0. The van der Waals surface area contributed by atoms with Crippen molar-refractivity contribution < 1.29 is 19.4 Å². The van der Waals surface area contributed by atoms with Gasteiger partial charge in [-0.05, 0) is 33.6 Å². The van der Waals surface area contributed by atoms with Crippen LogP contribution in [-0.2, 0) is 9.53 Å². The molecule has 19 heavy (non-hydrogen) atoms. The van der Waals surface area contributed by atoms with Gasteiger partial charge < -0.3 is 15.2 Å². The Kier molecular flexibility index (Phi) is 9.00. The number of aliphatic carboxylic acids is 1. The maximum atomic E-state index is 11.3. The minimum absolute atomic E-state index is 0.264. The lowest BCUT2D eigenvalue weighted by molar-refractivity contribution is -0.137. The van der Waals surface area contributed by atoms with Gasteiger partial charge in [-0.2, -0.15) is 0 Å². The largest absolute Gasteiger partial charge is 0.481 e. The van der Waals surface area contributed by atoms with Crippen LogP contribution in [-0.4, -0.2) is 29.3 Å². The van der Waals surface area contributed by atoms with Crippen LogP contribution in [0.15, 0.2) is 0 Å². The van der Waals surface area contributed by atoms with Gasteiger partial charge in [0.05, 0.1) is 0 Å². The molecule has 0 aromatic carbocycles. The van der Waals surface area contributed by atoms with Crippen LogP contribution in [0.1, 0.15) is 65.7 Å². The van der Waals surface area contributed by atoms with Crippen LogP contribution < -0.4 is 5.32 Å². The van der Waals surface area contributed by atoms with E-state index in [4.69, 9.17) is 9.84 Å². The Hall–Kier alpha value is -1.26. The quantitative estimate of drug-likeness (QED) is 0.632. The molecule has 0 spiro atoms. The second-order valence-corrected chi connectivity index (χ2v) is 5.69.